The van der Waals surface area contributed by atoms with Gasteiger partial charge in [-0.2, -0.15) is 0 Å². The average molecular weight is 410 g/mol. The van der Waals surface area contributed by atoms with Gasteiger partial charge in [0.2, 0.25) is 5.78 Å². The van der Waals surface area contributed by atoms with E-state index in [2.05, 4.69) is 4.98 Å². The Morgan fingerprint density at radius 2 is 1.94 bits per heavy atom. The molecule has 2 aromatic rings. The number of carboxylic acids is 1. The van der Waals surface area contributed by atoms with Crippen molar-refractivity contribution in [3.63, 3.8) is 0 Å². The van der Waals surface area contributed by atoms with Gasteiger partial charge in [0, 0.05) is 38.5 Å². The first-order valence-corrected chi connectivity index (χ1v) is 4.49. The molecular formula is C11H9NO3Pb. The van der Waals surface area contributed by atoms with Crippen LogP contribution in [0.25, 0.3) is 10.9 Å². The number of benzene rings is 1. The van der Waals surface area contributed by atoms with E-state index in [1.807, 2.05) is 24.3 Å². The fourth-order valence-corrected chi connectivity index (χ4v) is 1.48. The van der Waals surface area contributed by atoms with E-state index in [4.69, 9.17) is 5.11 Å². The molecule has 1 aromatic carbocycles. The number of carbonyl (C=O) groups is 2. The van der Waals surface area contributed by atoms with Crippen LogP contribution in [-0.2, 0) is 16.0 Å². The van der Waals surface area contributed by atoms with E-state index in [-0.39, 0.29) is 33.7 Å². The number of aliphatic carboxylic acids is 1. The largest absolute Gasteiger partial charge is 0.475 e. The molecule has 0 amide bonds. The number of aromatic amines is 1. The second-order valence-corrected chi connectivity index (χ2v) is 3.29. The number of ketones is 1. The van der Waals surface area contributed by atoms with Gasteiger partial charge in [-0.05, 0) is 17.5 Å². The Bertz CT molecular complexity index is 500. The number of hydrogen-bond acceptors (Lipinski definition) is 2. The van der Waals surface area contributed by atoms with Crippen molar-refractivity contribution in [1.82, 2.24) is 4.98 Å². The number of hydrogen-bond donors (Lipinski definition) is 2. The van der Waals surface area contributed by atoms with Crippen molar-refractivity contribution in [3.05, 3.63) is 36.0 Å². The SMILES string of the molecule is O=C(O)C(=O)Cc1cc2ccccc2[nH]1.[Pb]. The summed E-state index contributed by atoms with van der Waals surface area (Å²) in [4.78, 5) is 24.3. The molecule has 16 heavy (non-hydrogen) atoms. The summed E-state index contributed by atoms with van der Waals surface area (Å²) in [5.74, 6) is -2.20. The van der Waals surface area contributed by atoms with E-state index in [9.17, 15) is 9.59 Å². The van der Waals surface area contributed by atoms with Crippen molar-refractivity contribution in [3.8, 4) is 0 Å². The van der Waals surface area contributed by atoms with Crippen molar-refractivity contribution >= 4 is 50.0 Å². The summed E-state index contributed by atoms with van der Waals surface area (Å²) >= 11 is 0. The number of aromatic nitrogens is 1. The normalized spacial score (nSPS) is 9.75. The first-order chi connectivity index (χ1) is 7.16. The van der Waals surface area contributed by atoms with Gasteiger partial charge in [-0.3, -0.25) is 4.79 Å². The Morgan fingerprint density at radius 1 is 1.25 bits per heavy atom. The van der Waals surface area contributed by atoms with Crippen LogP contribution >= 0.6 is 0 Å². The van der Waals surface area contributed by atoms with Gasteiger partial charge in [0.15, 0.2) is 0 Å². The van der Waals surface area contributed by atoms with Gasteiger partial charge in [0.05, 0.1) is 6.42 Å². The number of carbonyl (C=O) groups excluding carboxylic acids is 1. The van der Waals surface area contributed by atoms with E-state index in [0.717, 1.165) is 10.9 Å². The zero-order valence-electron chi connectivity index (χ0n) is 8.36. The van der Waals surface area contributed by atoms with Crippen LogP contribution < -0.4 is 0 Å². The molecule has 0 bridgehead atoms. The van der Waals surface area contributed by atoms with Gasteiger partial charge in [-0.15, -0.1) is 0 Å². The third-order valence-corrected chi connectivity index (χ3v) is 2.18. The van der Waals surface area contributed by atoms with Gasteiger partial charge in [-0.1, -0.05) is 18.2 Å². The topological polar surface area (TPSA) is 70.2 Å². The second kappa shape index (κ2) is 5.24. The second-order valence-electron chi connectivity index (χ2n) is 3.29. The molecule has 4 nitrogen and oxygen atoms in total. The molecule has 2 N–H and O–H groups in total. The minimum atomic E-state index is -1.39. The molecule has 1 aromatic heterocycles. The Balaban J connectivity index is 0.00000128. The molecular weight excluding hydrogens is 401 g/mol. The van der Waals surface area contributed by atoms with Crippen LogP contribution in [0.15, 0.2) is 30.3 Å². The van der Waals surface area contributed by atoms with Gasteiger partial charge < -0.3 is 10.1 Å². The maximum absolute atomic E-state index is 11.0. The molecule has 4 radical (unpaired) electrons. The number of Topliss-reactive ketones (excluding diaryl/α,β-unsaturated/α-hetero) is 1. The summed E-state index contributed by atoms with van der Waals surface area (Å²) in [5, 5.41) is 9.43. The first-order valence-electron chi connectivity index (χ1n) is 4.49. The predicted molar refractivity (Wildman–Crippen MR) is 60.4 cm³/mol. The van der Waals surface area contributed by atoms with Crippen LogP contribution in [0, 0.1) is 0 Å². The van der Waals surface area contributed by atoms with Crippen LogP contribution in [0.1, 0.15) is 5.69 Å². The van der Waals surface area contributed by atoms with Crippen molar-refractivity contribution in [1.29, 1.82) is 0 Å². The molecule has 5 heteroatoms. The summed E-state index contributed by atoms with van der Waals surface area (Å²) < 4.78 is 0. The zero-order valence-corrected chi connectivity index (χ0v) is 12.2. The Kier molecular flexibility index (Phi) is 4.22. The molecule has 0 unspecified atom stereocenters. The van der Waals surface area contributed by atoms with Crippen molar-refractivity contribution in [2.75, 3.05) is 0 Å². The van der Waals surface area contributed by atoms with Crippen LogP contribution in [0.4, 0.5) is 0 Å². The first kappa shape index (κ1) is 12.9. The molecule has 0 aliphatic carbocycles. The molecule has 2 rings (SSSR count). The fraction of sp³-hybridized carbons (Fsp3) is 0.0909. The van der Waals surface area contributed by atoms with Crippen LogP contribution in [0.2, 0.25) is 0 Å². The monoisotopic (exact) mass is 411 g/mol. The summed E-state index contributed by atoms with van der Waals surface area (Å²) in [5.41, 5.74) is 1.54. The summed E-state index contributed by atoms with van der Waals surface area (Å²) in [6.45, 7) is 0. The van der Waals surface area contributed by atoms with E-state index in [1.165, 1.54) is 0 Å². The molecule has 80 valence electrons. The third-order valence-electron chi connectivity index (χ3n) is 2.18. The molecule has 0 saturated heterocycles. The van der Waals surface area contributed by atoms with E-state index >= 15 is 0 Å². The van der Waals surface area contributed by atoms with Crippen molar-refractivity contribution < 1.29 is 14.7 Å². The molecule has 0 saturated carbocycles. The third kappa shape index (κ3) is 2.69. The van der Waals surface area contributed by atoms with Crippen LogP contribution in [0.5, 0.6) is 0 Å². The Hall–Kier alpha value is -1.18. The number of H-pyrrole nitrogens is 1. The number of fused-ring (bicyclic) bond motifs is 1. The van der Waals surface area contributed by atoms with Gasteiger partial charge in [0.25, 0.3) is 0 Å². The fourth-order valence-electron chi connectivity index (χ4n) is 1.48. The number of carboxylic acid groups (broad SMARTS) is 1. The number of rotatable bonds is 3. The summed E-state index contributed by atoms with van der Waals surface area (Å²) in [6, 6.07) is 9.33. The molecule has 0 aliphatic rings. The molecule has 1 heterocycles. The minimum Gasteiger partial charge on any atom is -0.475 e. The maximum atomic E-state index is 11.0. The number of para-hydroxylation sites is 1. The Labute approximate surface area is 112 Å². The Morgan fingerprint density at radius 3 is 2.56 bits per heavy atom. The summed E-state index contributed by atoms with van der Waals surface area (Å²) in [6.07, 6.45) is -0.0932. The smallest absolute Gasteiger partial charge is 0.372 e. The maximum Gasteiger partial charge on any atom is 0.372 e. The number of nitrogens with one attached hydrogen (secondary N) is 1. The van der Waals surface area contributed by atoms with E-state index in [0.29, 0.717) is 5.69 Å². The van der Waals surface area contributed by atoms with Crippen molar-refractivity contribution in [2.24, 2.45) is 0 Å². The van der Waals surface area contributed by atoms with Crippen molar-refractivity contribution in [2.45, 2.75) is 6.42 Å². The standard InChI is InChI=1S/C11H9NO3.Pb/c13-10(11(14)15)6-8-5-7-3-1-2-4-9(7)12-8;/h1-5,12H,6H2,(H,14,15);. The van der Waals surface area contributed by atoms with E-state index < -0.39 is 11.8 Å². The minimum absolute atomic E-state index is 0. The quantitative estimate of drug-likeness (QED) is 0.586. The van der Waals surface area contributed by atoms with Crippen LogP contribution in [0.3, 0.4) is 0 Å². The van der Waals surface area contributed by atoms with Gasteiger partial charge in [-0.25, -0.2) is 4.79 Å². The molecule has 0 fully saturated rings. The van der Waals surface area contributed by atoms with Gasteiger partial charge >= 0.3 is 5.97 Å². The molecule has 0 aliphatic heterocycles. The predicted octanol–water partition coefficient (Wildman–Crippen LogP) is 0.983. The van der Waals surface area contributed by atoms with Gasteiger partial charge in [0.1, 0.15) is 0 Å². The average Bonchev–Trinajstić information content (AvgIpc) is 2.59. The molecule has 0 atom stereocenters. The van der Waals surface area contributed by atoms with Crippen LogP contribution in [-0.4, -0.2) is 49.1 Å². The summed E-state index contributed by atoms with van der Waals surface area (Å²) in [7, 11) is 0. The zero-order chi connectivity index (χ0) is 10.8. The van der Waals surface area contributed by atoms with E-state index in [1.54, 1.807) is 6.07 Å². The molecule has 0 spiro atoms.